The molecule has 0 amide bonds. The van der Waals surface area contributed by atoms with Crippen LogP contribution in [0, 0.1) is 18.3 Å². The number of halogens is 3. The molecule has 0 aliphatic carbocycles. The second-order valence-electron chi connectivity index (χ2n) is 6.26. The first-order valence-electron chi connectivity index (χ1n) is 8.51. The maximum atomic E-state index is 9.52. The summed E-state index contributed by atoms with van der Waals surface area (Å²) in [6, 6.07) is 21.3. The van der Waals surface area contributed by atoms with E-state index in [9.17, 15) is 5.26 Å². The minimum Gasteiger partial charge on any atom is -0.486 e. The van der Waals surface area contributed by atoms with Gasteiger partial charge >= 0.3 is 0 Å². The number of hydrogen-bond donors (Lipinski definition) is 0. The number of rotatable bonds is 5. The number of ether oxygens (including phenoxy) is 1. The summed E-state index contributed by atoms with van der Waals surface area (Å²) in [5, 5.41) is 10.3. The number of allylic oxidation sites excluding steroid dienone is 1. The molecule has 0 heterocycles. The predicted octanol–water partition coefficient (Wildman–Crippen LogP) is 7.71. The molecule has 0 saturated carbocycles. The average molecular weight is 473 g/mol. The van der Waals surface area contributed by atoms with Gasteiger partial charge in [0.2, 0.25) is 0 Å². The van der Waals surface area contributed by atoms with Crippen LogP contribution in [0.1, 0.15) is 22.3 Å². The SMILES string of the molecule is Cc1ccc(/C(C#N)=C/c2cc(Cl)c(OCc3ccc(Br)cc3)c(Cl)c2)cc1. The Morgan fingerprint density at radius 3 is 2.21 bits per heavy atom. The van der Waals surface area contributed by atoms with E-state index in [1.165, 1.54) is 0 Å². The van der Waals surface area contributed by atoms with Crippen molar-refractivity contribution in [1.82, 2.24) is 0 Å². The Morgan fingerprint density at radius 1 is 1.04 bits per heavy atom. The van der Waals surface area contributed by atoms with Gasteiger partial charge in [-0.25, -0.2) is 0 Å². The Bertz CT molecular complexity index is 1030. The first-order valence-corrected chi connectivity index (χ1v) is 10.1. The molecule has 140 valence electrons. The molecule has 0 fully saturated rings. The second-order valence-corrected chi connectivity index (χ2v) is 7.99. The number of benzene rings is 3. The normalized spacial score (nSPS) is 11.2. The molecule has 5 heteroatoms. The fourth-order valence-electron chi connectivity index (χ4n) is 2.62. The zero-order chi connectivity index (χ0) is 20.1. The molecule has 3 rings (SSSR count). The van der Waals surface area contributed by atoms with Crippen LogP contribution in [-0.4, -0.2) is 0 Å². The highest BCUT2D eigenvalue weighted by atomic mass is 79.9. The third kappa shape index (κ3) is 5.17. The van der Waals surface area contributed by atoms with Crippen LogP contribution in [-0.2, 0) is 6.61 Å². The predicted molar refractivity (Wildman–Crippen MR) is 120 cm³/mol. The van der Waals surface area contributed by atoms with Gasteiger partial charge in [0, 0.05) is 4.47 Å². The summed E-state index contributed by atoms with van der Waals surface area (Å²) in [5.74, 6) is 0.428. The summed E-state index contributed by atoms with van der Waals surface area (Å²) < 4.78 is 6.82. The van der Waals surface area contributed by atoms with Crippen LogP contribution in [0.25, 0.3) is 11.6 Å². The van der Waals surface area contributed by atoms with Crippen LogP contribution in [0.15, 0.2) is 65.1 Å². The molecular weight excluding hydrogens is 457 g/mol. The number of nitrogens with zero attached hydrogens (tertiary/aromatic N) is 1. The lowest BCUT2D eigenvalue weighted by Crippen LogP contribution is -1.97. The fourth-order valence-corrected chi connectivity index (χ4v) is 3.49. The van der Waals surface area contributed by atoms with Gasteiger partial charge in [-0.05, 0) is 54.0 Å². The molecule has 0 radical (unpaired) electrons. The van der Waals surface area contributed by atoms with Crippen molar-refractivity contribution in [2.75, 3.05) is 0 Å². The second kappa shape index (κ2) is 9.30. The van der Waals surface area contributed by atoms with Crippen molar-refractivity contribution < 1.29 is 4.74 Å². The van der Waals surface area contributed by atoms with Gasteiger partial charge in [0.05, 0.1) is 21.7 Å². The minimum absolute atomic E-state index is 0.356. The van der Waals surface area contributed by atoms with Gasteiger partial charge in [-0.1, -0.05) is 81.1 Å². The molecule has 0 aliphatic rings. The Morgan fingerprint density at radius 2 is 1.64 bits per heavy atom. The molecule has 2 nitrogen and oxygen atoms in total. The van der Waals surface area contributed by atoms with E-state index in [2.05, 4.69) is 22.0 Å². The van der Waals surface area contributed by atoms with Gasteiger partial charge in [0.15, 0.2) is 5.75 Å². The monoisotopic (exact) mass is 471 g/mol. The number of aryl methyl sites for hydroxylation is 1. The van der Waals surface area contributed by atoms with Crippen molar-refractivity contribution in [1.29, 1.82) is 5.26 Å². The van der Waals surface area contributed by atoms with Gasteiger partial charge < -0.3 is 4.74 Å². The Labute approximate surface area is 183 Å². The summed E-state index contributed by atoms with van der Waals surface area (Å²) in [6.45, 7) is 2.36. The van der Waals surface area contributed by atoms with Gasteiger partial charge in [-0.2, -0.15) is 5.26 Å². The lowest BCUT2D eigenvalue weighted by Gasteiger charge is -2.11. The minimum atomic E-state index is 0.356. The van der Waals surface area contributed by atoms with Crippen molar-refractivity contribution in [2.45, 2.75) is 13.5 Å². The largest absolute Gasteiger partial charge is 0.486 e. The van der Waals surface area contributed by atoms with Crippen molar-refractivity contribution >= 4 is 50.8 Å². The van der Waals surface area contributed by atoms with Crippen molar-refractivity contribution in [2.24, 2.45) is 0 Å². The van der Waals surface area contributed by atoms with Crippen LogP contribution in [0.3, 0.4) is 0 Å². The molecule has 0 saturated heterocycles. The van der Waals surface area contributed by atoms with Crippen molar-refractivity contribution in [3.8, 4) is 11.8 Å². The molecule has 0 spiro atoms. The van der Waals surface area contributed by atoms with Crippen molar-refractivity contribution in [3.05, 3.63) is 97.4 Å². The maximum absolute atomic E-state index is 9.52. The molecular formula is C23H16BrCl2NO. The average Bonchev–Trinajstić information content (AvgIpc) is 2.67. The van der Waals surface area contributed by atoms with Gasteiger partial charge in [-0.15, -0.1) is 0 Å². The quantitative estimate of drug-likeness (QED) is 0.281. The topological polar surface area (TPSA) is 33.0 Å². The third-order valence-electron chi connectivity index (χ3n) is 4.11. The summed E-state index contributed by atoms with van der Waals surface area (Å²) in [5.41, 5.74) is 4.26. The fraction of sp³-hybridized carbons (Fsp3) is 0.0870. The van der Waals surface area contributed by atoms with E-state index in [1.807, 2.05) is 55.5 Å². The zero-order valence-electron chi connectivity index (χ0n) is 15.0. The molecule has 3 aromatic carbocycles. The lowest BCUT2D eigenvalue weighted by molar-refractivity contribution is 0.306. The molecule has 0 unspecified atom stereocenters. The Kier molecular flexibility index (Phi) is 6.80. The lowest BCUT2D eigenvalue weighted by atomic mass is 10.0. The molecule has 0 aliphatic heterocycles. The smallest absolute Gasteiger partial charge is 0.157 e. The van der Waals surface area contributed by atoms with Crippen molar-refractivity contribution in [3.63, 3.8) is 0 Å². The van der Waals surface area contributed by atoms with E-state index >= 15 is 0 Å². The number of nitriles is 1. The Hall–Kier alpha value is -2.25. The highest BCUT2D eigenvalue weighted by Crippen LogP contribution is 2.36. The molecule has 28 heavy (non-hydrogen) atoms. The van der Waals surface area contributed by atoms with Crippen LogP contribution >= 0.6 is 39.1 Å². The molecule has 0 atom stereocenters. The van der Waals surface area contributed by atoms with Gasteiger partial charge in [-0.3, -0.25) is 0 Å². The Balaban J connectivity index is 1.83. The van der Waals surface area contributed by atoms with Gasteiger partial charge in [0.25, 0.3) is 0 Å². The van der Waals surface area contributed by atoms with Crippen LogP contribution in [0.4, 0.5) is 0 Å². The highest BCUT2D eigenvalue weighted by molar-refractivity contribution is 9.10. The molecule has 3 aromatic rings. The van der Waals surface area contributed by atoms with E-state index in [-0.39, 0.29) is 0 Å². The first kappa shape index (κ1) is 20.5. The molecule has 0 aromatic heterocycles. The molecule has 0 bridgehead atoms. The van der Waals surface area contributed by atoms with Crippen LogP contribution in [0.2, 0.25) is 10.0 Å². The summed E-state index contributed by atoms with van der Waals surface area (Å²) in [7, 11) is 0. The van der Waals surface area contributed by atoms with E-state index in [1.54, 1.807) is 18.2 Å². The van der Waals surface area contributed by atoms with E-state index in [0.717, 1.165) is 26.7 Å². The molecule has 0 N–H and O–H groups in total. The number of hydrogen-bond acceptors (Lipinski definition) is 2. The summed E-state index contributed by atoms with van der Waals surface area (Å²) in [6.07, 6.45) is 1.76. The van der Waals surface area contributed by atoms with E-state index in [0.29, 0.717) is 28.0 Å². The maximum Gasteiger partial charge on any atom is 0.157 e. The van der Waals surface area contributed by atoms with E-state index < -0.39 is 0 Å². The standard InChI is InChI=1S/C23H16BrCl2NO/c1-15-2-6-18(7-3-15)19(13-27)10-17-11-21(25)23(22(26)12-17)28-14-16-4-8-20(24)9-5-16/h2-12H,14H2,1H3/b19-10+. The highest BCUT2D eigenvalue weighted by Gasteiger charge is 2.11. The van der Waals surface area contributed by atoms with Crippen LogP contribution < -0.4 is 4.74 Å². The summed E-state index contributed by atoms with van der Waals surface area (Å²) >= 11 is 16.2. The first-order chi connectivity index (χ1) is 13.5. The van der Waals surface area contributed by atoms with Gasteiger partial charge in [0.1, 0.15) is 6.61 Å². The van der Waals surface area contributed by atoms with Crippen LogP contribution in [0.5, 0.6) is 5.75 Å². The summed E-state index contributed by atoms with van der Waals surface area (Å²) in [4.78, 5) is 0. The zero-order valence-corrected chi connectivity index (χ0v) is 18.1. The van der Waals surface area contributed by atoms with E-state index in [4.69, 9.17) is 27.9 Å². The third-order valence-corrected chi connectivity index (χ3v) is 5.20.